The average Bonchev–Trinajstić information content (AvgIpc) is 2.58. The van der Waals surface area contributed by atoms with E-state index in [-0.39, 0.29) is 11.8 Å². The van der Waals surface area contributed by atoms with Crippen molar-refractivity contribution in [1.29, 1.82) is 0 Å². The molecule has 0 aliphatic carbocycles. The highest BCUT2D eigenvalue weighted by Gasteiger charge is 2.11. The summed E-state index contributed by atoms with van der Waals surface area (Å²) in [6.07, 6.45) is 3.71. The van der Waals surface area contributed by atoms with Crippen molar-refractivity contribution >= 4 is 23.4 Å². The summed E-state index contributed by atoms with van der Waals surface area (Å²) in [5, 5.41) is 6.12. The van der Waals surface area contributed by atoms with Crippen LogP contribution in [-0.2, 0) is 6.54 Å². The van der Waals surface area contributed by atoms with Crippen LogP contribution in [-0.4, -0.2) is 23.3 Å². The normalized spacial score (nSPS) is 10.2. The fraction of sp³-hybridized carbons (Fsp3) is 0.235. The molecule has 0 atom stereocenters. The van der Waals surface area contributed by atoms with Crippen LogP contribution in [0.15, 0.2) is 42.7 Å². The van der Waals surface area contributed by atoms with Crippen LogP contribution in [0.5, 0.6) is 0 Å². The van der Waals surface area contributed by atoms with Crippen LogP contribution < -0.4 is 10.6 Å². The Morgan fingerprint density at radius 1 is 1.09 bits per heavy atom. The van der Waals surface area contributed by atoms with Crippen LogP contribution in [0, 0.1) is 0 Å². The highest BCUT2D eigenvalue weighted by molar-refractivity contribution is 6.31. The smallest absolute Gasteiger partial charge is 0.253 e. The third-order valence-corrected chi connectivity index (χ3v) is 3.56. The number of halogens is 1. The first-order valence-corrected chi connectivity index (χ1v) is 7.74. The van der Waals surface area contributed by atoms with Gasteiger partial charge in [-0.2, -0.15) is 0 Å². The van der Waals surface area contributed by atoms with Gasteiger partial charge in [-0.05, 0) is 24.1 Å². The molecule has 0 fully saturated rings. The lowest BCUT2D eigenvalue weighted by Crippen LogP contribution is -2.26. The lowest BCUT2D eigenvalue weighted by Gasteiger charge is -2.08. The van der Waals surface area contributed by atoms with Crippen molar-refractivity contribution in [3.63, 3.8) is 0 Å². The first-order valence-electron chi connectivity index (χ1n) is 7.36. The van der Waals surface area contributed by atoms with E-state index in [4.69, 9.17) is 11.6 Å². The van der Waals surface area contributed by atoms with E-state index >= 15 is 0 Å². The topological polar surface area (TPSA) is 71.1 Å². The van der Waals surface area contributed by atoms with Crippen molar-refractivity contribution < 1.29 is 9.59 Å². The number of carbonyl (C=O) groups is 2. The third kappa shape index (κ3) is 4.79. The Balaban J connectivity index is 2.02. The van der Waals surface area contributed by atoms with Gasteiger partial charge in [0.1, 0.15) is 0 Å². The van der Waals surface area contributed by atoms with Crippen molar-refractivity contribution in [2.24, 2.45) is 0 Å². The molecule has 2 aromatic rings. The summed E-state index contributed by atoms with van der Waals surface area (Å²) in [5.41, 5.74) is 1.53. The maximum atomic E-state index is 12.2. The average molecular weight is 332 g/mol. The fourth-order valence-corrected chi connectivity index (χ4v) is 2.15. The van der Waals surface area contributed by atoms with Crippen molar-refractivity contribution in [3.05, 3.63) is 64.4 Å². The Kier molecular flexibility index (Phi) is 6.11. The summed E-state index contributed by atoms with van der Waals surface area (Å²) in [4.78, 5) is 28.1. The summed E-state index contributed by atoms with van der Waals surface area (Å²) in [6.45, 7) is 2.86. The molecule has 0 spiro atoms. The number of rotatable bonds is 6. The predicted octanol–water partition coefficient (Wildman–Crippen LogP) is 2.80. The lowest BCUT2D eigenvalue weighted by molar-refractivity contribution is 0.0950. The Labute approximate surface area is 140 Å². The molecule has 2 rings (SSSR count). The number of hydrogen-bond donors (Lipinski definition) is 2. The van der Waals surface area contributed by atoms with E-state index in [1.165, 1.54) is 18.5 Å². The highest BCUT2D eigenvalue weighted by Crippen LogP contribution is 2.14. The molecule has 2 amide bonds. The van der Waals surface area contributed by atoms with Crippen LogP contribution in [0.3, 0.4) is 0 Å². The summed E-state index contributed by atoms with van der Waals surface area (Å²) in [6, 6.07) is 8.82. The highest BCUT2D eigenvalue weighted by atomic mass is 35.5. The maximum absolute atomic E-state index is 12.2. The minimum atomic E-state index is -0.303. The molecule has 2 N–H and O–H groups in total. The van der Waals surface area contributed by atoms with Gasteiger partial charge in [-0.25, -0.2) is 0 Å². The first kappa shape index (κ1) is 17.0. The minimum Gasteiger partial charge on any atom is -0.352 e. The van der Waals surface area contributed by atoms with E-state index in [2.05, 4.69) is 15.6 Å². The van der Waals surface area contributed by atoms with Crippen LogP contribution in [0.2, 0.25) is 5.02 Å². The van der Waals surface area contributed by atoms with Crippen LogP contribution in [0.1, 0.15) is 39.6 Å². The second-order valence-electron chi connectivity index (χ2n) is 4.99. The van der Waals surface area contributed by atoms with Crippen molar-refractivity contribution in [2.45, 2.75) is 19.9 Å². The fourth-order valence-electron chi connectivity index (χ4n) is 1.95. The SMILES string of the molecule is CCCNC(=O)c1cncc(C(=O)NCc2ccccc2Cl)c1. The molecule has 0 unspecified atom stereocenters. The number of aromatic nitrogens is 1. The molecule has 0 saturated carbocycles. The Morgan fingerprint density at radius 3 is 2.39 bits per heavy atom. The molecule has 1 aromatic heterocycles. The van der Waals surface area contributed by atoms with Gasteiger partial charge in [0.2, 0.25) is 0 Å². The zero-order valence-electron chi connectivity index (χ0n) is 12.8. The van der Waals surface area contributed by atoms with E-state index < -0.39 is 0 Å². The monoisotopic (exact) mass is 331 g/mol. The van der Waals surface area contributed by atoms with Crippen molar-refractivity contribution in [2.75, 3.05) is 6.54 Å². The van der Waals surface area contributed by atoms with E-state index in [0.29, 0.717) is 29.2 Å². The molecular formula is C17H18ClN3O2. The van der Waals surface area contributed by atoms with Crippen LogP contribution >= 0.6 is 11.6 Å². The van der Waals surface area contributed by atoms with Crippen LogP contribution in [0.4, 0.5) is 0 Å². The number of benzene rings is 1. The van der Waals surface area contributed by atoms with Crippen LogP contribution in [0.25, 0.3) is 0 Å². The molecule has 23 heavy (non-hydrogen) atoms. The van der Waals surface area contributed by atoms with Gasteiger partial charge in [0, 0.05) is 30.5 Å². The van der Waals surface area contributed by atoms with E-state index in [0.717, 1.165) is 12.0 Å². The first-order chi connectivity index (χ1) is 11.1. The standard InChI is InChI=1S/C17H18ClN3O2/c1-2-7-20-16(22)13-8-14(10-19-9-13)17(23)21-11-12-5-3-4-6-15(12)18/h3-6,8-10H,2,7,11H2,1H3,(H,20,22)(H,21,23). The number of hydrogen-bond acceptors (Lipinski definition) is 3. The van der Waals surface area contributed by atoms with Gasteiger partial charge in [-0.3, -0.25) is 14.6 Å². The number of nitrogens with one attached hydrogen (secondary N) is 2. The number of amides is 2. The zero-order valence-corrected chi connectivity index (χ0v) is 13.6. The molecule has 0 aliphatic heterocycles. The largest absolute Gasteiger partial charge is 0.352 e. The van der Waals surface area contributed by atoms with Gasteiger partial charge in [-0.1, -0.05) is 36.7 Å². The van der Waals surface area contributed by atoms with Gasteiger partial charge in [0.05, 0.1) is 11.1 Å². The summed E-state index contributed by atoms with van der Waals surface area (Å²) in [5.74, 6) is -0.539. The Bertz CT molecular complexity index is 704. The van der Waals surface area contributed by atoms with Gasteiger partial charge in [-0.15, -0.1) is 0 Å². The van der Waals surface area contributed by atoms with Gasteiger partial charge in [0.25, 0.3) is 11.8 Å². The number of pyridine rings is 1. The summed E-state index contributed by atoms with van der Waals surface area (Å²) >= 11 is 6.05. The second-order valence-corrected chi connectivity index (χ2v) is 5.40. The van der Waals surface area contributed by atoms with E-state index in [9.17, 15) is 9.59 Å². The Morgan fingerprint density at radius 2 is 1.74 bits per heavy atom. The molecule has 6 heteroatoms. The predicted molar refractivity (Wildman–Crippen MR) is 89.5 cm³/mol. The molecular weight excluding hydrogens is 314 g/mol. The second kappa shape index (κ2) is 8.29. The molecule has 5 nitrogen and oxygen atoms in total. The quantitative estimate of drug-likeness (QED) is 0.855. The van der Waals surface area contributed by atoms with Crippen molar-refractivity contribution in [1.82, 2.24) is 15.6 Å². The minimum absolute atomic E-state index is 0.236. The van der Waals surface area contributed by atoms with Crippen molar-refractivity contribution in [3.8, 4) is 0 Å². The Hall–Kier alpha value is -2.40. The van der Waals surface area contributed by atoms with Gasteiger partial charge < -0.3 is 10.6 Å². The zero-order chi connectivity index (χ0) is 16.7. The van der Waals surface area contributed by atoms with E-state index in [1.54, 1.807) is 6.07 Å². The van der Waals surface area contributed by atoms with Gasteiger partial charge >= 0.3 is 0 Å². The molecule has 0 saturated heterocycles. The molecule has 0 aliphatic rings. The summed E-state index contributed by atoms with van der Waals surface area (Å²) in [7, 11) is 0. The molecule has 0 radical (unpaired) electrons. The number of nitrogens with zero attached hydrogens (tertiary/aromatic N) is 1. The molecule has 1 aromatic carbocycles. The molecule has 0 bridgehead atoms. The molecule has 1 heterocycles. The lowest BCUT2D eigenvalue weighted by atomic mass is 10.1. The summed E-state index contributed by atoms with van der Waals surface area (Å²) < 4.78 is 0. The van der Waals surface area contributed by atoms with E-state index in [1.807, 2.05) is 25.1 Å². The number of carbonyl (C=O) groups excluding carboxylic acids is 2. The van der Waals surface area contributed by atoms with Gasteiger partial charge in [0.15, 0.2) is 0 Å². The maximum Gasteiger partial charge on any atom is 0.253 e. The third-order valence-electron chi connectivity index (χ3n) is 3.20. The molecule has 120 valence electrons.